The van der Waals surface area contributed by atoms with E-state index in [4.69, 9.17) is 11.6 Å². The first-order valence-corrected chi connectivity index (χ1v) is 5.58. The summed E-state index contributed by atoms with van der Waals surface area (Å²) < 4.78 is 26.4. The van der Waals surface area contributed by atoms with Gasteiger partial charge in [-0.2, -0.15) is 0 Å². The van der Waals surface area contributed by atoms with Gasteiger partial charge in [0.25, 0.3) is 0 Å². The van der Waals surface area contributed by atoms with Gasteiger partial charge in [-0.15, -0.1) is 0 Å². The van der Waals surface area contributed by atoms with Crippen LogP contribution in [-0.4, -0.2) is 6.43 Å². The van der Waals surface area contributed by atoms with E-state index >= 15 is 0 Å². The number of hydrogen-bond acceptors (Lipinski definition) is 0. The number of hydrogen-bond donors (Lipinski definition) is 0. The van der Waals surface area contributed by atoms with Crippen molar-refractivity contribution in [3.05, 3.63) is 34.9 Å². The summed E-state index contributed by atoms with van der Waals surface area (Å²) in [6, 6.07) is 6.99. The third-order valence-corrected chi connectivity index (χ3v) is 3.65. The summed E-state index contributed by atoms with van der Waals surface area (Å²) in [6.07, 6.45) is 0.522. The highest BCUT2D eigenvalue weighted by Crippen LogP contribution is 2.47. The normalized spacial score (nSPS) is 19.7. The van der Waals surface area contributed by atoms with Gasteiger partial charge in [-0.05, 0) is 24.5 Å². The molecule has 0 radical (unpaired) electrons. The second-order valence-corrected chi connectivity index (χ2v) is 4.55. The lowest BCUT2D eigenvalue weighted by molar-refractivity contribution is 0.0522. The molecular weight excluding hydrogens is 218 g/mol. The number of rotatable bonds is 2. The Hall–Kier alpha value is -0.630. The molecule has 0 amide bonds. The van der Waals surface area contributed by atoms with Gasteiger partial charge in [0.1, 0.15) is 0 Å². The Morgan fingerprint density at radius 1 is 1.13 bits per heavy atom. The maximum absolute atomic E-state index is 13.2. The summed E-state index contributed by atoms with van der Waals surface area (Å²) in [5.74, 6) is 0. The predicted molar refractivity (Wildman–Crippen MR) is 57.6 cm³/mol. The van der Waals surface area contributed by atoms with Crippen molar-refractivity contribution in [1.82, 2.24) is 0 Å². The zero-order chi connectivity index (χ0) is 10.9. The van der Waals surface area contributed by atoms with Crippen LogP contribution >= 0.6 is 11.6 Å². The van der Waals surface area contributed by atoms with Crippen LogP contribution in [-0.2, 0) is 5.41 Å². The van der Waals surface area contributed by atoms with Crippen molar-refractivity contribution in [1.29, 1.82) is 0 Å². The van der Waals surface area contributed by atoms with Gasteiger partial charge in [0, 0.05) is 5.02 Å². The summed E-state index contributed by atoms with van der Waals surface area (Å²) in [7, 11) is 0. The molecule has 0 atom stereocenters. The molecule has 0 N–H and O–H groups in total. The fraction of sp³-hybridized carbons (Fsp3) is 0.500. The molecule has 1 aromatic rings. The monoisotopic (exact) mass is 230 g/mol. The van der Waals surface area contributed by atoms with Crippen molar-refractivity contribution in [2.24, 2.45) is 0 Å². The van der Waals surface area contributed by atoms with Crippen LogP contribution in [0.3, 0.4) is 0 Å². The number of halogens is 3. The van der Waals surface area contributed by atoms with Crippen LogP contribution in [0.25, 0.3) is 0 Å². The van der Waals surface area contributed by atoms with E-state index in [1.54, 1.807) is 24.3 Å². The van der Waals surface area contributed by atoms with E-state index in [2.05, 4.69) is 0 Å². The van der Waals surface area contributed by atoms with Crippen molar-refractivity contribution >= 4 is 11.6 Å². The first kappa shape index (κ1) is 10.9. The van der Waals surface area contributed by atoms with E-state index in [-0.39, 0.29) is 0 Å². The van der Waals surface area contributed by atoms with Crippen LogP contribution in [0.4, 0.5) is 8.78 Å². The summed E-state index contributed by atoms with van der Waals surface area (Å²) in [5, 5.41) is 0.472. The van der Waals surface area contributed by atoms with Gasteiger partial charge in [-0.3, -0.25) is 0 Å². The minimum Gasteiger partial charge on any atom is -0.210 e. The minimum atomic E-state index is -2.32. The molecule has 15 heavy (non-hydrogen) atoms. The molecule has 82 valence electrons. The predicted octanol–water partition coefficient (Wildman–Crippen LogP) is 4.42. The van der Waals surface area contributed by atoms with E-state index < -0.39 is 11.8 Å². The summed E-state index contributed by atoms with van der Waals surface area (Å²) in [6.45, 7) is 0. The molecule has 0 spiro atoms. The molecule has 1 fully saturated rings. The maximum Gasteiger partial charge on any atom is 0.248 e. The van der Waals surface area contributed by atoms with Gasteiger partial charge < -0.3 is 0 Å². The summed E-state index contributed by atoms with van der Waals surface area (Å²) >= 11 is 6.00. The van der Waals surface area contributed by atoms with Gasteiger partial charge in [0.2, 0.25) is 6.43 Å². The first-order chi connectivity index (χ1) is 7.17. The first-order valence-electron chi connectivity index (χ1n) is 5.20. The van der Waals surface area contributed by atoms with Crippen LogP contribution in [0.5, 0.6) is 0 Å². The van der Waals surface area contributed by atoms with Crippen LogP contribution in [0.2, 0.25) is 5.02 Å². The van der Waals surface area contributed by atoms with Gasteiger partial charge in [-0.25, -0.2) is 8.78 Å². The lowest BCUT2D eigenvalue weighted by Crippen LogP contribution is -2.31. The Kier molecular flexibility index (Phi) is 2.96. The second-order valence-electron chi connectivity index (χ2n) is 4.14. The standard InChI is InChI=1S/C12H13ClF2/c13-10-6-2-1-5-9(10)12(11(14)15)7-3-4-8-12/h1-2,5-6,11H,3-4,7-8H2. The number of benzene rings is 1. The van der Waals surface area contributed by atoms with Crippen molar-refractivity contribution < 1.29 is 8.78 Å². The molecule has 1 aliphatic carbocycles. The third-order valence-electron chi connectivity index (χ3n) is 3.32. The zero-order valence-corrected chi connectivity index (χ0v) is 9.11. The van der Waals surface area contributed by atoms with Crippen molar-refractivity contribution in [3.63, 3.8) is 0 Å². The lowest BCUT2D eigenvalue weighted by atomic mass is 9.79. The van der Waals surface area contributed by atoms with E-state index in [9.17, 15) is 8.78 Å². The fourth-order valence-corrected chi connectivity index (χ4v) is 2.80. The molecule has 0 saturated heterocycles. The molecule has 3 heteroatoms. The SMILES string of the molecule is FC(F)C1(c2ccccc2Cl)CCCC1. The van der Waals surface area contributed by atoms with Crippen molar-refractivity contribution in [2.75, 3.05) is 0 Å². The average molecular weight is 231 g/mol. The van der Waals surface area contributed by atoms with Crippen LogP contribution < -0.4 is 0 Å². The number of alkyl halides is 2. The molecule has 1 aliphatic rings. The quantitative estimate of drug-likeness (QED) is 0.706. The third kappa shape index (κ3) is 1.76. The fourth-order valence-electron chi connectivity index (χ4n) is 2.48. The van der Waals surface area contributed by atoms with Gasteiger partial charge >= 0.3 is 0 Å². The molecule has 0 bridgehead atoms. The van der Waals surface area contributed by atoms with Gasteiger partial charge in [0.05, 0.1) is 5.41 Å². The van der Waals surface area contributed by atoms with E-state index in [0.29, 0.717) is 23.4 Å². The summed E-state index contributed by atoms with van der Waals surface area (Å²) in [5.41, 5.74) is -0.364. The Morgan fingerprint density at radius 2 is 1.73 bits per heavy atom. The molecule has 0 heterocycles. The van der Waals surface area contributed by atoms with Crippen LogP contribution in [0, 0.1) is 0 Å². The van der Waals surface area contributed by atoms with E-state index in [1.165, 1.54) is 0 Å². The lowest BCUT2D eigenvalue weighted by Gasteiger charge is -2.29. The second kappa shape index (κ2) is 4.09. The Morgan fingerprint density at radius 3 is 2.27 bits per heavy atom. The molecule has 1 aromatic carbocycles. The molecule has 0 aromatic heterocycles. The summed E-state index contributed by atoms with van der Waals surface area (Å²) in [4.78, 5) is 0. The molecule has 0 aliphatic heterocycles. The van der Waals surface area contributed by atoms with Crippen LogP contribution in [0.15, 0.2) is 24.3 Å². The Balaban J connectivity index is 2.46. The Labute approximate surface area is 93.2 Å². The Bertz CT molecular complexity index is 343. The average Bonchev–Trinajstić information content (AvgIpc) is 2.68. The molecular formula is C12H13ClF2. The van der Waals surface area contributed by atoms with Crippen molar-refractivity contribution in [2.45, 2.75) is 37.5 Å². The van der Waals surface area contributed by atoms with E-state index in [1.807, 2.05) is 0 Å². The highest BCUT2D eigenvalue weighted by Gasteiger charge is 2.44. The highest BCUT2D eigenvalue weighted by atomic mass is 35.5. The molecule has 0 nitrogen and oxygen atoms in total. The van der Waals surface area contributed by atoms with Gasteiger partial charge in [0.15, 0.2) is 0 Å². The topological polar surface area (TPSA) is 0 Å². The zero-order valence-electron chi connectivity index (χ0n) is 8.35. The van der Waals surface area contributed by atoms with Crippen LogP contribution in [0.1, 0.15) is 31.2 Å². The molecule has 2 rings (SSSR count). The van der Waals surface area contributed by atoms with E-state index in [0.717, 1.165) is 12.8 Å². The molecule has 0 unspecified atom stereocenters. The smallest absolute Gasteiger partial charge is 0.210 e. The largest absolute Gasteiger partial charge is 0.248 e. The molecule has 1 saturated carbocycles. The minimum absolute atomic E-state index is 0.472. The maximum atomic E-state index is 13.2. The van der Waals surface area contributed by atoms with Gasteiger partial charge in [-0.1, -0.05) is 42.6 Å². The highest BCUT2D eigenvalue weighted by molar-refractivity contribution is 6.31. The van der Waals surface area contributed by atoms with Crippen molar-refractivity contribution in [3.8, 4) is 0 Å².